The van der Waals surface area contributed by atoms with E-state index >= 15 is 0 Å². The highest BCUT2D eigenvalue weighted by atomic mass is 32.2. The van der Waals surface area contributed by atoms with Gasteiger partial charge in [-0.15, -0.1) is 0 Å². The first-order valence-electron chi connectivity index (χ1n) is 8.20. The summed E-state index contributed by atoms with van der Waals surface area (Å²) in [6.07, 6.45) is 0.268. The van der Waals surface area contributed by atoms with E-state index in [1.807, 2.05) is 0 Å². The average molecular weight is 409 g/mol. The first-order chi connectivity index (χ1) is 12.6. The molecule has 1 saturated heterocycles. The molecule has 1 amide bonds. The van der Waals surface area contributed by atoms with Crippen molar-refractivity contribution in [2.24, 2.45) is 0 Å². The molecule has 9 heteroatoms. The van der Waals surface area contributed by atoms with Gasteiger partial charge < -0.3 is 4.90 Å². The van der Waals surface area contributed by atoms with Crippen LogP contribution < -0.4 is 0 Å². The van der Waals surface area contributed by atoms with Crippen molar-refractivity contribution in [3.63, 3.8) is 0 Å². The highest BCUT2D eigenvalue weighted by Crippen LogP contribution is 2.23. The molecule has 144 valence electrons. The second kappa shape index (κ2) is 7.41. The van der Waals surface area contributed by atoms with E-state index in [1.54, 1.807) is 30.3 Å². The van der Waals surface area contributed by atoms with Gasteiger partial charge in [0.1, 0.15) is 6.10 Å². The van der Waals surface area contributed by atoms with Gasteiger partial charge in [-0.2, -0.15) is 8.42 Å². The van der Waals surface area contributed by atoms with Gasteiger partial charge in [0.25, 0.3) is 10.1 Å². The summed E-state index contributed by atoms with van der Waals surface area (Å²) in [7, 11) is -7.21. The van der Waals surface area contributed by atoms with Crippen molar-refractivity contribution >= 4 is 25.9 Å². The number of sulfone groups is 1. The third kappa shape index (κ3) is 4.74. The summed E-state index contributed by atoms with van der Waals surface area (Å²) in [6.45, 7) is 0.435. The predicted octanol–water partition coefficient (Wildman–Crippen LogP) is 1.60. The standard InChI is InChI=1S/C18H19NO6S2/c1-26(21,22)25-15-11-18(20)19(13-15)12-14-7-9-17(10-8-14)27(23,24)16-5-3-2-4-6-16/h2-10,15H,11-13H2,1H3. The van der Waals surface area contributed by atoms with Crippen LogP contribution in [-0.4, -0.2) is 46.5 Å². The van der Waals surface area contributed by atoms with Gasteiger partial charge in [0.15, 0.2) is 0 Å². The molecule has 0 radical (unpaired) electrons. The number of hydrogen-bond acceptors (Lipinski definition) is 6. The lowest BCUT2D eigenvalue weighted by atomic mass is 10.2. The van der Waals surface area contributed by atoms with Crippen LogP contribution in [0.5, 0.6) is 0 Å². The zero-order valence-corrected chi connectivity index (χ0v) is 16.2. The molecular formula is C18H19NO6S2. The van der Waals surface area contributed by atoms with Gasteiger partial charge in [0.2, 0.25) is 15.7 Å². The zero-order valence-electron chi connectivity index (χ0n) is 14.6. The number of carbonyl (C=O) groups is 1. The maximum atomic E-state index is 12.6. The molecule has 1 aliphatic rings. The molecule has 7 nitrogen and oxygen atoms in total. The van der Waals surface area contributed by atoms with Crippen LogP contribution in [0.4, 0.5) is 0 Å². The molecule has 2 aromatic carbocycles. The van der Waals surface area contributed by atoms with Crippen molar-refractivity contribution in [2.45, 2.75) is 28.9 Å². The minimum absolute atomic E-state index is 0.00748. The lowest BCUT2D eigenvalue weighted by Crippen LogP contribution is -2.26. The maximum Gasteiger partial charge on any atom is 0.264 e. The Bertz CT molecular complexity index is 1030. The fraction of sp³-hybridized carbons (Fsp3) is 0.278. The zero-order chi connectivity index (χ0) is 19.7. The Balaban J connectivity index is 1.71. The molecule has 1 heterocycles. The quantitative estimate of drug-likeness (QED) is 0.672. The molecule has 1 unspecified atom stereocenters. The summed E-state index contributed by atoms with van der Waals surface area (Å²) in [5.74, 6) is -0.204. The number of likely N-dealkylation sites (tertiary alicyclic amines) is 1. The molecule has 2 aromatic rings. The van der Waals surface area contributed by atoms with E-state index in [4.69, 9.17) is 4.18 Å². The molecule has 1 aliphatic heterocycles. The summed E-state index contributed by atoms with van der Waals surface area (Å²) < 4.78 is 52.4. The van der Waals surface area contributed by atoms with Crippen LogP contribution in [0, 0.1) is 0 Å². The van der Waals surface area contributed by atoms with Gasteiger partial charge in [-0.05, 0) is 29.8 Å². The van der Waals surface area contributed by atoms with E-state index in [2.05, 4.69) is 0 Å². The minimum Gasteiger partial charge on any atom is -0.336 e. The third-order valence-corrected chi connectivity index (χ3v) is 6.56. The molecule has 0 saturated carbocycles. The molecule has 0 aromatic heterocycles. The Kier molecular flexibility index (Phi) is 5.36. The largest absolute Gasteiger partial charge is 0.336 e. The van der Waals surface area contributed by atoms with Crippen molar-refractivity contribution in [3.05, 3.63) is 60.2 Å². The van der Waals surface area contributed by atoms with Crippen LogP contribution in [0.25, 0.3) is 0 Å². The molecule has 0 bridgehead atoms. The van der Waals surface area contributed by atoms with Gasteiger partial charge in [-0.1, -0.05) is 30.3 Å². The summed E-state index contributed by atoms with van der Waals surface area (Å²) in [5.41, 5.74) is 0.746. The predicted molar refractivity (Wildman–Crippen MR) is 98.1 cm³/mol. The van der Waals surface area contributed by atoms with Crippen LogP contribution in [0.2, 0.25) is 0 Å². The van der Waals surface area contributed by atoms with E-state index < -0.39 is 26.1 Å². The van der Waals surface area contributed by atoms with Crippen molar-refractivity contribution < 1.29 is 25.8 Å². The first-order valence-corrected chi connectivity index (χ1v) is 11.5. The summed E-state index contributed by atoms with van der Waals surface area (Å²) in [6, 6.07) is 14.4. The summed E-state index contributed by atoms with van der Waals surface area (Å²) in [5, 5.41) is 0. The van der Waals surface area contributed by atoms with Crippen molar-refractivity contribution in [2.75, 3.05) is 12.8 Å². The normalized spacial score (nSPS) is 18.0. The third-order valence-electron chi connectivity index (χ3n) is 4.15. The molecular weight excluding hydrogens is 390 g/mol. The topological polar surface area (TPSA) is 97.8 Å². The summed E-state index contributed by atoms with van der Waals surface area (Å²) >= 11 is 0. The number of hydrogen-bond donors (Lipinski definition) is 0. The van der Waals surface area contributed by atoms with E-state index in [9.17, 15) is 21.6 Å². The van der Waals surface area contributed by atoms with Crippen molar-refractivity contribution in [1.82, 2.24) is 4.90 Å². The van der Waals surface area contributed by atoms with Crippen LogP contribution in [0.3, 0.4) is 0 Å². The average Bonchev–Trinajstić information content (AvgIpc) is 2.93. The van der Waals surface area contributed by atoms with E-state index in [1.165, 1.54) is 29.2 Å². The van der Waals surface area contributed by atoms with E-state index in [0.717, 1.165) is 11.8 Å². The highest BCUT2D eigenvalue weighted by molar-refractivity contribution is 7.91. The first kappa shape index (κ1) is 19.5. The number of carbonyl (C=O) groups excluding carboxylic acids is 1. The molecule has 0 N–H and O–H groups in total. The fourth-order valence-electron chi connectivity index (χ4n) is 2.93. The molecule has 1 fully saturated rings. The van der Waals surface area contributed by atoms with Crippen LogP contribution in [0.15, 0.2) is 64.4 Å². The van der Waals surface area contributed by atoms with Crippen LogP contribution in [-0.2, 0) is 35.5 Å². The van der Waals surface area contributed by atoms with Crippen molar-refractivity contribution in [3.8, 4) is 0 Å². The van der Waals surface area contributed by atoms with Gasteiger partial charge in [-0.25, -0.2) is 8.42 Å². The molecule has 1 atom stereocenters. The molecule has 27 heavy (non-hydrogen) atoms. The van der Waals surface area contributed by atoms with Gasteiger partial charge in [0.05, 0.1) is 22.5 Å². The highest BCUT2D eigenvalue weighted by Gasteiger charge is 2.32. The molecule has 0 aliphatic carbocycles. The smallest absolute Gasteiger partial charge is 0.264 e. The Morgan fingerprint density at radius 3 is 2.15 bits per heavy atom. The Morgan fingerprint density at radius 1 is 0.963 bits per heavy atom. The molecule has 3 rings (SSSR count). The number of nitrogens with zero attached hydrogens (tertiary/aromatic N) is 1. The van der Waals surface area contributed by atoms with Crippen LogP contribution >= 0.6 is 0 Å². The van der Waals surface area contributed by atoms with Gasteiger partial charge >= 0.3 is 0 Å². The van der Waals surface area contributed by atoms with E-state index in [0.29, 0.717) is 0 Å². The number of rotatable bonds is 6. The van der Waals surface area contributed by atoms with E-state index in [-0.39, 0.29) is 35.2 Å². The lowest BCUT2D eigenvalue weighted by molar-refractivity contribution is -0.128. The Hall–Kier alpha value is -2.23. The summed E-state index contributed by atoms with van der Waals surface area (Å²) in [4.78, 5) is 13.9. The second-order valence-electron chi connectivity index (χ2n) is 6.36. The van der Waals surface area contributed by atoms with Crippen LogP contribution in [0.1, 0.15) is 12.0 Å². The lowest BCUT2D eigenvalue weighted by Gasteiger charge is -2.16. The number of amides is 1. The SMILES string of the molecule is CS(=O)(=O)OC1CC(=O)N(Cc2ccc(S(=O)(=O)c3ccccc3)cc2)C1. The van der Waals surface area contributed by atoms with Gasteiger partial charge in [-0.3, -0.25) is 8.98 Å². The number of benzene rings is 2. The Morgan fingerprint density at radius 2 is 1.56 bits per heavy atom. The monoisotopic (exact) mass is 409 g/mol. The molecule has 0 spiro atoms. The fourth-order valence-corrected chi connectivity index (χ4v) is 4.84. The minimum atomic E-state index is -3.62. The maximum absolute atomic E-state index is 12.6. The Labute approximate surface area is 158 Å². The van der Waals surface area contributed by atoms with Crippen molar-refractivity contribution in [1.29, 1.82) is 0 Å². The second-order valence-corrected chi connectivity index (χ2v) is 9.91. The van der Waals surface area contributed by atoms with Gasteiger partial charge in [0, 0.05) is 13.1 Å².